The topological polar surface area (TPSA) is 111 Å². The van der Waals surface area contributed by atoms with Gasteiger partial charge in [0, 0.05) is 17.8 Å². The van der Waals surface area contributed by atoms with Gasteiger partial charge in [-0.15, -0.1) is 0 Å². The Balaban J connectivity index is 1.88. The average molecular weight is 235 g/mol. The lowest BCUT2D eigenvalue weighted by molar-refractivity contribution is -0.239. The van der Waals surface area contributed by atoms with Crippen molar-refractivity contribution in [2.24, 2.45) is 4.52 Å². The first kappa shape index (κ1) is 10.7. The molecule has 1 aliphatic carbocycles. The summed E-state index contributed by atoms with van der Waals surface area (Å²) in [6.45, 7) is 1.02. The molecule has 0 atom stereocenters. The zero-order valence-corrected chi connectivity index (χ0v) is 8.51. The number of hydrogen-bond acceptors (Lipinski definition) is 5. The highest BCUT2D eigenvalue weighted by Crippen LogP contribution is 2.42. The second-order valence-corrected chi connectivity index (χ2v) is 4.54. The van der Waals surface area contributed by atoms with E-state index in [1.165, 1.54) is 0 Å². The van der Waals surface area contributed by atoms with E-state index >= 15 is 0 Å². The van der Waals surface area contributed by atoms with Crippen molar-refractivity contribution in [3.8, 4) is 0 Å². The average Bonchev–Trinajstić information content (AvgIpc) is 2.51. The van der Waals surface area contributed by atoms with Gasteiger partial charge < -0.3 is 9.47 Å². The Hall–Kier alpha value is -0.860. The van der Waals surface area contributed by atoms with Crippen molar-refractivity contribution in [3.05, 3.63) is 10.4 Å². The number of nitrogens with zero attached hydrogens (tertiary/aromatic N) is 3. The van der Waals surface area contributed by atoms with Gasteiger partial charge in [0.1, 0.15) is 0 Å². The first-order valence-electron chi connectivity index (χ1n) is 4.33. The lowest BCUT2D eigenvalue weighted by Gasteiger charge is -2.41. The molecule has 2 aliphatic rings. The first-order chi connectivity index (χ1) is 7.05. The summed E-state index contributed by atoms with van der Waals surface area (Å²) in [5.74, 6) is -0.670. The highest BCUT2D eigenvalue weighted by Gasteiger charge is 2.51. The number of ether oxygens (including phenoxy) is 2. The van der Waals surface area contributed by atoms with E-state index in [4.69, 9.17) is 15.0 Å². The third kappa shape index (κ3) is 2.21. The molecule has 8 nitrogen and oxygen atoms in total. The molecule has 2 fully saturated rings. The third-order valence-corrected chi connectivity index (χ3v) is 3.07. The molecule has 9 heteroatoms. The minimum absolute atomic E-state index is 0.340. The van der Waals surface area contributed by atoms with E-state index in [2.05, 4.69) is 13.6 Å². The van der Waals surface area contributed by atoms with Crippen LogP contribution in [0.3, 0.4) is 0 Å². The Labute approximate surface area is 86.0 Å². The molecule has 1 aliphatic heterocycles. The molecule has 2 rings (SSSR count). The fraction of sp³-hybridized carbons (Fsp3) is 1.00. The number of azide groups is 1. The first-order valence-corrected chi connectivity index (χ1v) is 5.69. The molecule has 0 unspecified atom stereocenters. The van der Waals surface area contributed by atoms with Crippen LogP contribution in [0.15, 0.2) is 4.52 Å². The molecule has 1 spiro atoms. The molecule has 0 aromatic carbocycles. The molecule has 1 saturated carbocycles. The minimum atomic E-state index is -4.14. The second kappa shape index (κ2) is 3.62. The largest absolute Gasteiger partial charge is 0.358 e. The molecule has 0 amide bonds. The highest BCUT2D eigenvalue weighted by molar-refractivity contribution is 7.85. The van der Waals surface area contributed by atoms with Gasteiger partial charge in [0.2, 0.25) is 0 Å². The van der Waals surface area contributed by atoms with Crippen molar-refractivity contribution in [3.63, 3.8) is 0 Å². The van der Waals surface area contributed by atoms with Gasteiger partial charge in [0.15, 0.2) is 5.79 Å². The van der Waals surface area contributed by atoms with Crippen molar-refractivity contribution in [1.82, 2.24) is 0 Å². The van der Waals surface area contributed by atoms with Crippen LogP contribution in [-0.2, 0) is 24.0 Å². The lowest BCUT2D eigenvalue weighted by atomic mass is 9.88. The molecule has 15 heavy (non-hydrogen) atoms. The van der Waals surface area contributed by atoms with E-state index in [-0.39, 0.29) is 0 Å². The maximum absolute atomic E-state index is 10.9. The Bertz CT molecular complexity index is 387. The summed E-state index contributed by atoms with van der Waals surface area (Å²) in [6.07, 6.45) is 0.152. The van der Waals surface area contributed by atoms with Gasteiger partial charge in [-0.25, -0.2) is 0 Å². The summed E-state index contributed by atoms with van der Waals surface area (Å²) in [5, 5.41) is 0. The van der Waals surface area contributed by atoms with E-state index in [1.54, 1.807) is 0 Å². The van der Waals surface area contributed by atoms with E-state index < -0.39 is 22.2 Å². The van der Waals surface area contributed by atoms with Gasteiger partial charge in [-0.2, -0.15) is 8.42 Å². The van der Waals surface area contributed by atoms with E-state index in [9.17, 15) is 8.42 Å². The zero-order chi connectivity index (χ0) is 10.9. The smallest absolute Gasteiger partial charge is 0.347 e. The molecule has 0 radical (unpaired) electrons. The molecule has 1 heterocycles. The quantitative estimate of drug-likeness (QED) is 0.401. The number of hydrogen-bond donors (Lipinski definition) is 0. The van der Waals surface area contributed by atoms with Crippen LogP contribution in [0.5, 0.6) is 0 Å². The van der Waals surface area contributed by atoms with Crippen LogP contribution < -0.4 is 0 Å². The summed E-state index contributed by atoms with van der Waals surface area (Å²) < 4.78 is 39.5. The Morgan fingerprint density at radius 2 is 2.00 bits per heavy atom. The van der Waals surface area contributed by atoms with Crippen molar-refractivity contribution < 1.29 is 22.1 Å². The predicted molar refractivity (Wildman–Crippen MR) is 46.8 cm³/mol. The number of rotatable bonds is 3. The van der Waals surface area contributed by atoms with Crippen LogP contribution in [0, 0.1) is 0 Å². The standard InChI is InChI=1S/C6H9N3O5S/c7-8-9-15(10,11)14-5-3-6(4-5)12-1-2-13-6/h5H,1-4H2. The Kier molecular flexibility index (Phi) is 2.57. The van der Waals surface area contributed by atoms with Gasteiger partial charge in [-0.3, -0.25) is 4.18 Å². The van der Waals surface area contributed by atoms with Crippen LogP contribution in [0.4, 0.5) is 0 Å². The maximum Gasteiger partial charge on any atom is 0.358 e. The Morgan fingerprint density at radius 1 is 1.40 bits per heavy atom. The third-order valence-electron chi connectivity index (χ3n) is 2.29. The van der Waals surface area contributed by atoms with Crippen molar-refractivity contribution in [2.45, 2.75) is 24.7 Å². The minimum Gasteiger partial charge on any atom is -0.347 e. The maximum atomic E-state index is 10.9. The van der Waals surface area contributed by atoms with Crippen molar-refractivity contribution in [1.29, 1.82) is 0 Å². The molecule has 1 saturated heterocycles. The second-order valence-electron chi connectivity index (χ2n) is 3.33. The van der Waals surface area contributed by atoms with Gasteiger partial charge >= 0.3 is 10.3 Å². The molecule has 0 N–H and O–H groups in total. The summed E-state index contributed by atoms with van der Waals surface area (Å²) in [5.41, 5.74) is 7.96. The molecule has 0 aromatic heterocycles. The fourth-order valence-corrected chi connectivity index (χ4v) is 2.28. The monoisotopic (exact) mass is 235 g/mol. The van der Waals surface area contributed by atoms with Crippen LogP contribution in [0.25, 0.3) is 10.4 Å². The molecule has 0 aromatic rings. The van der Waals surface area contributed by atoms with Crippen LogP contribution >= 0.6 is 0 Å². The molecule has 84 valence electrons. The summed E-state index contributed by atoms with van der Waals surface area (Å²) in [4.78, 5) is 2.16. The van der Waals surface area contributed by atoms with Gasteiger partial charge in [0.05, 0.1) is 23.8 Å². The predicted octanol–water partition coefficient (Wildman–Crippen LogP) is 0.464. The summed E-state index contributed by atoms with van der Waals surface area (Å²) >= 11 is 0. The van der Waals surface area contributed by atoms with Gasteiger partial charge in [-0.1, -0.05) is 0 Å². The fourth-order valence-electron chi connectivity index (χ4n) is 1.67. The lowest BCUT2D eigenvalue weighted by Crippen LogP contribution is -2.49. The molecule has 0 bridgehead atoms. The summed E-state index contributed by atoms with van der Waals surface area (Å²) in [6, 6.07) is 0. The molecular weight excluding hydrogens is 226 g/mol. The highest BCUT2D eigenvalue weighted by atomic mass is 32.2. The zero-order valence-electron chi connectivity index (χ0n) is 7.70. The van der Waals surface area contributed by atoms with Gasteiger partial charge in [-0.05, 0) is 5.53 Å². The summed E-state index contributed by atoms with van der Waals surface area (Å²) in [7, 11) is -4.14. The SMILES string of the molecule is [N-]=[N+]=NS(=O)(=O)OC1CC2(C1)OCCO2. The van der Waals surface area contributed by atoms with E-state index in [0.717, 1.165) is 0 Å². The normalized spacial score (nSPS) is 24.8. The van der Waals surface area contributed by atoms with Crippen LogP contribution in [0.2, 0.25) is 0 Å². The van der Waals surface area contributed by atoms with Crippen molar-refractivity contribution >= 4 is 10.3 Å². The van der Waals surface area contributed by atoms with E-state index in [1.807, 2.05) is 0 Å². The Morgan fingerprint density at radius 3 is 2.53 bits per heavy atom. The van der Waals surface area contributed by atoms with E-state index in [0.29, 0.717) is 26.1 Å². The van der Waals surface area contributed by atoms with Crippen molar-refractivity contribution in [2.75, 3.05) is 13.2 Å². The van der Waals surface area contributed by atoms with Gasteiger partial charge in [0.25, 0.3) is 0 Å². The molecular formula is C6H9N3O5S. The van der Waals surface area contributed by atoms with Crippen LogP contribution in [-0.4, -0.2) is 33.5 Å². The van der Waals surface area contributed by atoms with Crippen LogP contribution in [0.1, 0.15) is 12.8 Å².